The Morgan fingerprint density at radius 3 is 2.81 bits per heavy atom. The maximum atomic E-state index is 11.3. The fourth-order valence-corrected chi connectivity index (χ4v) is 2.34. The van der Waals surface area contributed by atoms with Crippen LogP contribution in [0.3, 0.4) is 0 Å². The standard InChI is InChI=1S/C12H11N3O6/c16-11-5-21-10-2-9(15(19)20)8(1-7(10)13-11)14-3-6(4-14)12(17)18/h1-2,6H,3-5H2,(H,13,16)(H,17,18). The molecule has 0 aliphatic carbocycles. The molecule has 1 aromatic carbocycles. The van der Waals surface area contributed by atoms with Gasteiger partial charge in [0.2, 0.25) is 0 Å². The average Bonchev–Trinajstić information content (AvgIpc) is 2.35. The molecule has 2 heterocycles. The van der Waals surface area contributed by atoms with Gasteiger partial charge in [-0.25, -0.2) is 0 Å². The lowest BCUT2D eigenvalue weighted by atomic mass is 9.99. The summed E-state index contributed by atoms with van der Waals surface area (Å²) in [5, 5.41) is 22.6. The molecule has 0 aromatic heterocycles. The maximum absolute atomic E-state index is 11.3. The van der Waals surface area contributed by atoms with E-state index in [9.17, 15) is 19.7 Å². The lowest BCUT2D eigenvalue weighted by Gasteiger charge is -2.38. The Labute approximate surface area is 118 Å². The van der Waals surface area contributed by atoms with Gasteiger partial charge in [0.25, 0.3) is 11.6 Å². The van der Waals surface area contributed by atoms with Gasteiger partial charge in [0.1, 0.15) is 5.69 Å². The highest BCUT2D eigenvalue weighted by Crippen LogP contribution is 2.41. The molecule has 0 saturated carbocycles. The summed E-state index contributed by atoms with van der Waals surface area (Å²) in [5.41, 5.74) is 0.460. The van der Waals surface area contributed by atoms with Crippen molar-refractivity contribution in [2.75, 3.05) is 29.9 Å². The van der Waals surface area contributed by atoms with Gasteiger partial charge in [-0.05, 0) is 6.07 Å². The van der Waals surface area contributed by atoms with Gasteiger partial charge in [-0.2, -0.15) is 0 Å². The first-order chi connectivity index (χ1) is 9.95. The van der Waals surface area contributed by atoms with Crippen molar-refractivity contribution in [3.8, 4) is 5.75 Å². The summed E-state index contributed by atoms with van der Waals surface area (Å²) in [6.07, 6.45) is 0. The minimum atomic E-state index is -0.927. The zero-order valence-electron chi connectivity index (χ0n) is 10.7. The molecule has 3 rings (SSSR count). The number of carbonyl (C=O) groups is 2. The number of nitro groups is 1. The van der Waals surface area contributed by atoms with Gasteiger partial charge < -0.3 is 20.1 Å². The van der Waals surface area contributed by atoms with E-state index in [0.29, 0.717) is 5.69 Å². The second kappa shape index (κ2) is 4.62. The minimum absolute atomic E-state index is 0.172. The van der Waals surface area contributed by atoms with Crippen molar-refractivity contribution in [1.82, 2.24) is 0 Å². The highest BCUT2D eigenvalue weighted by molar-refractivity contribution is 5.97. The molecule has 2 N–H and O–H groups in total. The number of benzene rings is 1. The van der Waals surface area contributed by atoms with E-state index in [4.69, 9.17) is 9.84 Å². The number of carbonyl (C=O) groups excluding carboxylic acids is 1. The number of aliphatic carboxylic acids is 1. The molecule has 1 aromatic rings. The molecule has 0 unspecified atom stereocenters. The smallest absolute Gasteiger partial charge is 0.310 e. The molecular formula is C12H11N3O6. The molecule has 1 fully saturated rings. The average molecular weight is 293 g/mol. The van der Waals surface area contributed by atoms with Gasteiger partial charge in [0.15, 0.2) is 12.4 Å². The summed E-state index contributed by atoms with van der Waals surface area (Å²) in [5.74, 6) is -1.57. The third-order valence-electron chi connectivity index (χ3n) is 3.48. The molecule has 9 heteroatoms. The van der Waals surface area contributed by atoms with Gasteiger partial charge in [0.05, 0.1) is 22.6 Å². The van der Waals surface area contributed by atoms with Crippen molar-refractivity contribution in [3.05, 3.63) is 22.2 Å². The van der Waals surface area contributed by atoms with Gasteiger partial charge in [-0.1, -0.05) is 0 Å². The highest BCUT2D eigenvalue weighted by Gasteiger charge is 2.37. The van der Waals surface area contributed by atoms with Crippen LogP contribution in [0.1, 0.15) is 0 Å². The molecule has 2 aliphatic rings. The first-order valence-electron chi connectivity index (χ1n) is 6.18. The van der Waals surface area contributed by atoms with Crippen LogP contribution in [0.5, 0.6) is 5.75 Å². The number of carboxylic acids is 1. The van der Waals surface area contributed by atoms with Gasteiger partial charge in [-0.15, -0.1) is 0 Å². The number of carboxylic acid groups (broad SMARTS) is 1. The van der Waals surface area contributed by atoms with E-state index in [-0.39, 0.29) is 42.7 Å². The molecule has 2 aliphatic heterocycles. The monoisotopic (exact) mass is 293 g/mol. The predicted molar refractivity (Wildman–Crippen MR) is 70.6 cm³/mol. The van der Waals surface area contributed by atoms with Gasteiger partial charge >= 0.3 is 5.97 Å². The zero-order chi connectivity index (χ0) is 15.1. The normalized spacial score (nSPS) is 17.3. The summed E-state index contributed by atoms with van der Waals surface area (Å²) in [4.78, 5) is 34.3. The molecule has 9 nitrogen and oxygen atoms in total. The summed E-state index contributed by atoms with van der Waals surface area (Å²) >= 11 is 0. The quantitative estimate of drug-likeness (QED) is 0.612. The number of hydrogen-bond acceptors (Lipinski definition) is 6. The number of anilines is 2. The number of fused-ring (bicyclic) bond motifs is 1. The van der Waals surface area contributed by atoms with Crippen LogP contribution in [0.25, 0.3) is 0 Å². The second-order valence-electron chi connectivity index (χ2n) is 4.87. The Balaban J connectivity index is 1.95. The maximum Gasteiger partial charge on any atom is 0.310 e. The Morgan fingerprint density at radius 2 is 2.19 bits per heavy atom. The summed E-state index contributed by atoms with van der Waals surface area (Å²) in [7, 11) is 0. The summed E-state index contributed by atoms with van der Waals surface area (Å²) in [6, 6.07) is 2.70. The van der Waals surface area contributed by atoms with E-state index >= 15 is 0 Å². The third kappa shape index (κ3) is 2.22. The van der Waals surface area contributed by atoms with Gasteiger partial charge in [0, 0.05) is 13.1 Å². The highest BCUT2D eigenvalue weighted by atomic mass is 16.6. The third-order valence-corrected chi connectivity index (χ3v) is 3.48. The number of hydrogen-bond donors (Lipinski definition) is 2. The summed E-state index contributed by atoms with van der Waals surface area (Å²) in [6.45, 7) is 0.210. The molecule has 21 heavy (non-hydrogen) atoms. The fraction of sp³-hybridized carbons (Fsp3) is 0.333. The van der Waals surface area contributed by atoms with Crippen LogP contribution < -0.4 is 15.0 Å². The predicted octanol–water partition coefficient (Wildman–Crippen LogP) is 0.446. The number of nitro benzene ring substituents is 1. The Hall–Kier alpha value is -2.84. The van der Waals surface area contributed by atoms with E-state index in [1.807, 2.05) is 0 Å². The summed E-state index contributed by atoms with van der Waals surface area (Å²) < 4.78 is 5.14. The number of ether oxygens (including phenoxy) is 1. The van der Waals surface area contributed by atoms with Crippen LogP contribution >= 0.6 is 0 Å². The van der Waals surface area contributed by atoms with Crippen molar-refractivity contribution in [2.24, 2.45) is 5.92 Å². The van der Waals surface area contributed by atoms with Crippen LogP contribution in [0.2, 0.25) is 0 Å². The van der Waals surface area contributed by atoms with Crippen molar-refractivity contribution in [3.63, 3.8) is 0 Å². The van der Waals surface area contributed by atoms with Crippen molar-refractivity contribution < 1.29 is 24.4 Å². The van der Waals surface area contributed by atoms with Crippen molar-refractivity contribution >= 4 is 28.9 Å². The lowest BCUT2D eigenvalue weighted by molar-refractivity contribution is -0.384. The van der Waals surface area contributed by atoms with Crippen LogP contribution in [0.15, 0.2) is 12.1 Å². The number of nitrogens with zero attached hydrogens (tertiary/aromatic N) is 2. The molecule has 0 radical (unpaired) electrons. The van der Waals surface area contributed by atoms with Crippen molar-refractivity contribution in [1.29, 1.82) is 0 Å². The van der Waals surface area contributed by atoms with E-state index in [1.54, 1.807) is 4.90 Å². The molecule has 0 bridgehead atoms. The first-order valence-corrected chi connectivity index (χ1v) is 6.18. The topological polar surface area (TPSA) is 122 Å². The first kappa shape index (κ1) is 13.2. The molecule has 0 atom stereocenters. The fourth-order valence-electron chi connectivity index (χ4n) is 2.34. The Bertz CT molecular complexity index is 653. The molecule has 110 valence electrons. The van der Waals surface area contributed by atoms with E-state index < -0.39 is 16.8 Å². The zero-order valence-corrected chi connectivity index (χ0v) is 10.7. The second-order valence-corrected chi connectivity index (χ2v) is 4.87. The number of nitrogens with one attached hydrogen (secondary N) is 1. The SMILES string of the molecule is O=C1COc2cc([N+](=O)[O-])c(N3CC(C(=O)O)C3)cc2N1. The Morgan fingerprint density at radius 1 is 1.48 bits per heavy atom. The molecular weight excluding hydrogens is 282 g/mol. The number of amides is 1. The Kier molecular flexibility index (Phi) is 2.89. The largest absolute Gasteiger partial charge is 0.481 e. The van der Waals surface area contributed by atoms with Gasteiger partial charge in [-0.3, -0.25) is 19.7 Å². The van der Waals surface area contributed by atoms with Crippen molar-refractivity contribution in [2.45, 2.75) is 0 Å². The molecule has 0 spiro atoms. The molecule has 1 amide bonds. The van der Waals surface area contributed by atoms with E-state index in [1.165, 1.54) is 12.1 Å². The lowest BCUT2D eigenvalue weighted by Crippen LogP contribution is -2.50. The van der Waals surface area contributed by atoms with Crippen LogP contribution in [0, 0.1) is 16.0 Å². The minimum Gasteiger partial charge on any atom is -0.481 e. The van der Waals surface area contributed by atoms with Crippen LogP contribution in [-0.4, -0.2) is 41.6 Å². The van der Waals surface area contributed by atoms with E-state index in [2.05, 4.69) is 5.32 Å². The molecule has 1 saturated heterocycles. The number of rotatable bonds is 3. The van der Waals surface area contributed by atoms with Crippen LogP contribution in [0.4, 0.5) is 17.1 Å². The van der Waals surface area contributed by atoms with Crippen LogP contribution in [-0.2, 0) is 9.59 Å². The van der Waals surface area contributed by atoms with E-state index in [0.717, 1.165) is 0 Å².